The third-order valence-electron chi connectivity index (χ3n) is 4.26. The molecule has 2 amide bonds. The number of para-hydroxylation sites is 1. The van der Waals surface area contributed by atoms with Gasteiger partial charge in [0, 0.05) is 16.8 Å². The average Bonchev–Trinajstić information content (AvgIpc) is 2.91. The molecule has 0 bridgehead atoms. The first-order valence-corrected chi connectivity index (χ1v) is 9.71. The minimum atomic E-state index is -3.28. The Labute approximate surface area is 147 Å². The highest BCUT2D eigenvalue weighted by Gasteiger charge is 2.31. The van der Waals surface area contributed by atoms with Gasteiger partial charge in [0.15, 0.2) is 9.84 Å². The van der Waals surface area contributed by atoms with Crippen molar-refractivity contribution in [3.63, 3.8) is 0 Å². The van der Waals surface area contributed by atoms with Crippen LogP contribution in [0.2, 0.25) is 0 Å². The van der Waals surface area contributed by atoms with E-state index in [4.69, 9.17) is 0 Å². The van der Waals surface area contributed by atoms with E-state index in [1.165, 1.54) is 10.3 Å². The number of aryl methyl sites for hydroxylation is 2. The summed E-state index contributed by atoms with van der Waals surface area (Å²) in [5.74, 6) is -0.109. The van der Waals surface area contributed by atoms with Gasteiger partial charge in [-0.2, -0.15) is 0 Å². The third kappa shape index (κ3) is 3.91. The molecule has 1 atom stereocenters. The third-order valence-corrected chi connectivity index (χ3v) is 5.63. The van der Waals surface area contributed by atoms with Crippen LogP contribution in [0.1, 0.15) is 11.1 Å². The fourth-order valence-electron chi connectivity index (χ4n) is 2.76. The number of nitrogens with one attached hydrogen (secondary N) is 1. The quantitative estimate of drug-likeness (QED) is 0.913. The number of nitrogens with zero attached hydrogens (tertiary/aromatic N) is 1. The zero-order valence-electron chi connectivity index (χ0n) is 14.1. The Bertz CT molecular complexity index is 921. The van der Waals surface area contributed by atoms with Crippen LogP contribution in [0.15, 0.2) is 60.0 Å². The lowest BCUT2D eigenvalue weighted by molar-refractivity contribution is 0.256. The van der Waals surface area contributed by atoms with E-state index in [1.807, 2.05) is 50.2 Å². The Hall–Kier alpha value is -2.60. The fourth-order valence-corrected chi connectivity index (χ4v) is 4.03. The molecule has 5 nitrogen and oxygen atoms in total. The summed E-state index contributed by atoms with van der Waals surface area (Å²) in [6.45, 7) is 3.96. The second-order valence-electron chi connectivity index (χ2n) is 6.16. The van der Waals surface area contributed by atoms with Gasteiger partial charge in [0.2, 0.25) is 0 Å². The van der Waals surface area contributed by atoms with Crippen LogP contribution in [-0.2, 0) is 9.84 Å². The molecule has 25 heavy (non-hydrogen) atoms. The second kappa shape index (κ2) is 6.72. The van der Waals surface area contributed by atoms with Crippen LogP contribution in [0.25, 0.3) is 0 Å². The predicted molar refractivity (Wildman–Crippen MR) is 101 cm³/mol. The zero-order chi connectivity index (χ0) is 18.0. The second-order valence-corrected chi connectivity index (χ2v) is 8.09. The van der Waals surface area contributed by atoms with E-state index in [-0.39, 0.29) is 11.8 Å². The van der Waals surface area contributed by atoms with Gasteiger partial charge in [-0.1, -0.05) is 24.3 Å². The maximum absolute atomic E-state index is 12.9. The summed E-state index contributed by atoms with van der Waals surface area (Å²) in [6.07, 6.45) is 1.56. The predicted octanol–water partition coefficient (Wildman–Crippen LogP) is 3.65. The summed E-state index contributed by atoms with van der Waals surface area (Å²) in [5.41, 5.74) is 3.48. The first-order valence-electron chi connectivity index (χ1n) is 7.99. The Morgan fingerprint density at radius 3 is 2.40 bits per heavy atom. The molecule has 0 aliphatic carbocycles. The van der Waals surface area contributed by atoms with E-state index in [2.05, 4.69) is 5.32 Å². The van der Waals surface area contributed by atoms with Crippen molar-refractivity contribution >= 4 is 27.2 Å². The van der Waals surface area contributed by atoms with E-state index in [0.717, 1.165) is 11.1 Å². The van der Waals surface area contributed by atoms with Crippen LogP contribution in [-0.4, -0.2) is 26.2 Å². The first-order chi connectivity index (χ1) is 11.9. The molecule has 0 saturated heterocycles. The van der Waals surface area contributed by atoms with Crippen molar-refractivity contribution < 1.29 is 13.2 Å². The molecule has 6 heteroatoms. The van der Waals surface area contributed by atoms with E-state index >= 15 is 0 Å². The Balaban J connectivity index is 1.95. The van der Waals surface area contributed by atoms with Gasteiger partial charge in [-0.15, -0.1) is 0 Å². The standard InChI is InChI=1S/C19H20N2O3S/c1-14-8-9-17(12-15(14)2)21(18-10-11-25(23,24)13-18)19(22)20-16-6-4-3-5-7-16/h3-12,18H,13H2,1-2H3,(H,20,22)/t18-/m1/s1. The minimum Gasteiger partial charge on any atom is -0.308 e. The largest absolute Gasteiger partial charge is 0.326 e. The number of carbonyl (C=O) groups is 1. The van der Waals surface area contributed by atoms with E-state index in [9.17, 15) is 13.2 Å². The number of urea groups is 1. The average molecular weight is 356 g/mol. The smallest absolute Gasteiger partial charge is 0.308 e. The molecule has 0 fully saturated rings. The Morgan fingerprint density at radius 1 is 1.08 bits per heavy atom. The number of carbonyl (C=O) groups excluding carboxylic acids is 1. The van der Waals surface area contributed by atoms with Crippen LogP contribution in [0, 0.1) is 13.8 Å². The van der Waals surface area contributed by atoms with Crippen LogP contribution in [0.4, 0.5) is 16.2 Å². The van der Waals surface area contributed by atoms with Crippen molar-refractivity contribution in [1.82, 2.24) is 0 Å². The molecule has 1 heterocycles. The van der Waals surface area contributed by atoms with E-state index in [1.54, 1.807) is 18.2 Å². The van der Waals surface area contributed by atoms with Gasteiger partial charge in [0.1, 0.15) is 0 Å². The van der Waals surface area contributed by atoms with Gasteiger partial charge >= 0.3 is 6.03 Å². The topological polar surface area (TPSA) is 66.5 Å². The van der Waals surface area contributed by atoms with Gasteiger partial charge in [-0.05, 0) is 55.3 Å². The zero-order valence-corrected chi connectivity index (χ0v) is 15.0. The van der Waals surface area contributed by atoms with Gasteiger partial charge < -0.3 is 5.32 Å². The van der Waals surface area contributed by atoms with Crippen LogP contribution >= 0.6 is 0 Å². The molecule has 0 spiro atoms. The van der Waals surface area contributed by atoms with Crippen molar-refractivity contribution in [3.05, 3.63) is 71.1 Å². The highest BCUT2D eigenvalue weighted by Crippen LogP contribution is 2.26. The number of rotatable bonds is 3. The number of anilines is 2. The van der Waals surface area contributed by atoms with Crippen molar-refractivity contribution in [2.45, 2.75) is 19.9 Å². The summed E-state index contributed by atoms with van der Waals surface area (Å²) in [5, 5.41) is 4.02. The van der Waals surface area contributed by atoms with Gasteiger partial charge in [-0.25, -0.2) is 13.2 Å². The van der Waals surface area contributed by atoms with Gasteiger partial charge in [0.25, 0.3) is 0 Å². The number of benzene rings is 2. The van der Waals surface area contributed by atoms with Gasteiger partial charge in [-0.3, -0.25) is 4.90 Å². The molecule has 2 aromatic rings. The lowest BCUT2D eigenvalue weighted by Crippen LogP contribution is -2.43. The highest BCUT2D eigenvalue weighted by molar-refractivity contribution is 7.94. The van der Waals surface area contributed by atoms with Crippen LogP contribution in [0.3, 0.4) is 0 Å². The van der Waals surface area contributed by atoms with Crippen molar-refractivity contribution in [2.24, 2.45) is 0 Å². The van der Waals surface area contributed by atoms with Crippen molar-refractivity contribution in [2.75, 3.05) is 16.0 Å². The normalized spacial score (nSPS) is 18.1. The molecule has 0 aromatic heterocycles. The Morgan fingerprint density at radius 2 is 1.80 bits per heavy atom. The summed E-state index contributed by atoms with van der Waals surface area (Å²) in [4.78, 5) is 14.4. The summed E-state index contributed by atoms with van der Waals surface area (Å²) >= 11 is 0. The molecule has 2 aromatic carbocycles. The Kier molecular flexibility index (Phi) is 4.63. The molecule has 1 aliphatic heterocycles. The summed E-state index contributed by atoms with van der Waals surface area (Å²) in [7, 11) is -3.28. The van der Waals surface area contributed by atoms with Crippen LogP contribution < -0.4 is 10.2 Å². The minimum absolute atomic E-state index is 0.109. The number of amides is 2. The van der Waals surface area contributed by atoms with Crippen LogP contribution in [0.5, 0.6) is 0 Å². The molecular formula is C19H20N2O3S. The summed E-state index contributed by atoms with van der Waals surface area (Å²) < 4.78 is 23.7. The summed E-state index contributed by atoms with van der Waals surface area (Å²) in [6, 6.07) is 13.9. The molecule has 0 saturated carbocycles. The van der Waals surface area contributed by atoms with E-state index in [0.29, 0.717) is 11.4 Å². The fraction of sp³-hybridized carbons (Fsp3) is 0.211. The highest BCUT2D eigenvalue weighted by atomic mass is 32.2. The maximum atomic E-state index is 12.9. The maximum Gasteiger partial charge on any atom is 0.326 e. The molecule has 0 radical (unpaired) electrons. The van der Waals surface area contributed by atoms with Crippen molar-refractivity contribution in [1.29, 1.82) is 0 Å². The number of sulfone groups is 1. The number of hydrogen-bond acceptors (Lipinski definition) is 3. The lowest BCUT2D eigenvalue weighted by atomic mass is 10.1. The lowest BCUT2D eigenvalue weighted by Gasteiger charge is -2.28. The molecule has 3 rings (SSSR count). The van der Waals surface area contributed by atoms with Gasteiger partial charge in [0.05, 0.1) is 11.8 Å². The SMILES string of the molecule is Cc1ccc(N(C(=O)Nc2ccccc2)[C@@H]2C=CS(=O)(=O)C2)cc1C. The van der Waals surface area contributed by atoms with E-state index < -0.39 is 15.9 Å². The first kappa shape index (κ1) is 17.2. The molecule has 130 valence electrons. The number of hydrogen-bond donors (Lipinski definition) is 1. The van der Waals surface area contributed by atoms with Crippen molar-refractivity contribution in [3.8, 4) is 0 Å². The monoisotopic (exact) mass is 356 g/mol. The molecule has 1 N–H and O–H groups in total. The molecular weight excluding hydrogens is 336 g/mol. The molecule has 1 aliphatic rings. The molecule has 0 unspecified atom stereocenters.